The molecule has 0 aromatic carbocycles. The van der Waals surface area contributed by atoms with Gasteiger partial charge in [-0.2, -0.15) is 0 Å². The van der Waals surface area contributed by atoms with Crippen molar-refractivity contribution < 1.29 is 9.53 Å². The van der Waals surface area contributed by atoms with Crippen LogP contribution in [-0.2, 0) is 10.3 Å². The quantitative estimate of drug-likeness (QED) is 0.624. The molecule has 18 heavy (non-hydrogen) atoms. The molecular formula is C14H20ClNO2. The van der Waals surface area contributed by atoms with Gasteiger partial charge in [-0.15, -0.1) is 11.6 Å². The largest absolute Gasteiger partial charge is 0.376 e. The maximum atomic E-state index is 11.8. The van der Waals surface area contributed by atoms with Crippen molar-refractivity contribution in [3.05, 3.63) is 23.0 Å². The molecule has 1 saturated heterocycles. The van der Waals surface area contributed by atoms with Crippen molar-refractivity contribution in [3.8, 4) is 0 Å². The maximum Gasteiger partial charge on any atom is 0.179 e. The van der Waals surface area contributed by atoms with E-state index < -0.39 is 0 Å². The molecule has 0 saturated carbocycles. The molecule has 1 aromatic rings. The number of carbonyl (C=O) groups is 1. The van der Waals surface area contributed by atoms with Gasteiger partial charge in [0.25, 0.3) is 0 Å². The first kappa shape index (κ1) is 13.6. The lowest BCUT2D eigenvalue weighted by Gasteiger charge is -2.33. The molecule has 1 aromatic heterocycles. The van der Waals surface area contributed by atoms with E-state index in [-0.39, 0.29) is 23.3 Å². The van der Waals surface area contributed by atoms with E-state index in [1.807, 2.05) is 19.9 Å². The number of aryl methyl sites for hydroxylation is 1. The molecule has 0 N–H and O–H groups in total. The Bertz CT molecular complexity index is 480. The zero-order chi connectivity index (χ0) is 13.5. The number of ether oxygens (including phenoxy) is 1. The molecule has 1 aliphatic heterocycles. The fraction of sp³-hybridized carbons (Fsp3) is 0.643. The normalized spacial score (nSPS) is 27.7. The van der Waals surface area contributed by atoms with E-state index >= 15 is 0 Å². The predicted molar refractivity (Wildman–Crippen MR) is 72.6 cm³/mol. The van der Waals surface area contributed by atoms with Crippen LogP contribution in [0.3, 0.4) is 0 Å². The Morgan fingerprint density at radius 1 is 1.61 bits per heavy atom. The zero-order valence-electron chi connectivity index (χ0n) is 11.4. The highest BCUT2D eigenvalue weighted by atomic mass is 35.5. The Hall–Kier alpha value is -0.800. The zero-order valence-corrected chi connectivity index (χ0v) is 12.2. The number of alkyl halides is 1. The van der Waals surface area contributed by atoms with Gasteiger partial charge in [0, 0.05) is 23.6 Å². The summed E-state index contributed by atoms with van der Waals surface area (Å²) in [6.45, 7) is 9.08. The molecule has 0 aliphatic carbocycles. The van der Waals surface area contributed by atoms with Gasteiger partial charge in [0.05, 0.1) is 17.5 Å². The summed E-state index contributed by atoms with van der Waals surface area (Å²) in [5.74, 6) is 0.0266. The third kappa shape index (κ3) is 1.90. The highest BCUT2D eigenvalue weighted by molar-refractivity contribution is 6.30. The minimum Gasteiger partial charge on any atom is -0.376 e. The van der Waals surface area contributed by atoms with E-state index in [0.717, 1.165) is 30.0 Å². The van der Waals surface area contributed by atoms with Crippen molar-refractivity contribution in [1.82, 2.24) is 4.57 Å². The number of rotatable bonds is 3. The first-order chi connectivity index (χ1) is 8.41. The van der Waals surface area contributed by atoms with Gasteiger partial charge < -0.3 is 9.30 Å². The number of halogens is 1. The predicted octanol–water partition coefficient (Wildman–Crippen LogP) is 3.05. The summed E-state index contributed by atoms with van der Waals surface area (Å²) >= 11 is 5.66. The van der Waals surface area contributed by atoms with Crippen LogP contribution in [0.2, 0.25) is 0 Å². The Morgan fingerprint density at radius 2 is 2.28 bits per heavy atom. The van der Waals surface area contributed by atoms with Crippen molar-refractivity contribution in [2.75, 3.05) is 12.5 Å². The smallest absolute Gasteiger partial charge is 0.179 e. The van der Waals surface area contributed by atoms with Crippen LogP contribution in [0.5, 0.6) is 0 Å². The summed E-state index contributed by atoms with van der Waals surface area (Å²) in [5, 5.41) is 0. The SMILES string of the molecule is Cc1cc(C(=O)CCl)c(C)n1C1(C)CCOC1C. The fourth-order valence-electron chi connectivity index (χ4n) is 3.02. The molecule has 0 amide bonds. The molecule has 100 valence electrons. The van der Waals surface area contributed by atoms with Gasteiger partial charge in [0.1, 0.15) is 0 Å². The van der Waals surface area contributed by atoms with Gasteiger partial charge >= 0.3 is 0 Å². The van der Waals surface area contributed by atoms with Gasteiger partial charge in [0.2, 0.25) is 0 Å². The number of aromatic nitrogens is 1. The summed E-state index contributed by atoms with van der Waals surface area (Å²) in [6, 6.07) is 1.94. The fourth-order valence-corrected chi connectivity index (χ4v) is 3.17. The van der Waals surface area contributed by atoms with Crippen LogP contribution < -0.4 is 0 Å². The second-order valence-electron chi connectivity index (χ2n) is 5.30. The van der Waals surface area contributed by atoms with Crippen molar-refractivity contribution in [2.45, 2.75) is 45.8 Å². The summed E-state index contributed by atoms with van der Waals surface area (Å²) in [7, 11) is 0. The lowest BCUT2D eigenvalue weighted by atomic mass is 9.93. The average molecular weight is 270 g/mol. The van der Waals surface area contributed by atoms with Crippen molar-refractivity contribution in [2.24, 2.45) is 0 Å². The summed E-state index contributed by atoms with van der Waals surface area (Å²) < 4.78 is 7.94. The Morgan fingerprint density at radius 3 is 2.78 bits per heavy atom. The first-order valence-corrected chi connectivity index (χ1v) is 6.85. The summed E-state index contributed by atoms with van der Waals surface area (Å²) in [5.41, 5.74) is 2.76. The molecule has 0 bridgehead atoms. The van der Waals surface area contributed by atoms with Crippen LogP contribution in [0, 0.1) is 13.8 Å². The van der Waals surface area contributed by atoms with Crippen molar-refractivity contribution >= 4 is 17.4 Å². The molecule has 2 atom stereocenters. The van der Waals surface area contributed by atoms with E-state index in [9.17, 15) is 4.79 Å². The maximum absolute atomic E-state index is 11.8. The van der Waals surface area contributed by atoms with Crippen LogP contribution in [0.15, 0.2) is 6.07 Å². The van der Waals surface area contributed by atoms with Gasteiger partial charge in [-0.25, -0.2) is 0 Å². The van der Waals surface area contributed by atoms with Crippen molar-refractivity contribution in [3.63, 3.8) is 0 Å². The monoisotopic (exact) mass is 269 g/mol. The summed E-state index contributed by atoms with van der Waals surface area (Å²) in [4.78, 5) is 11.8. The van der Waals surface area contributed by atoms with Crippen LogP contribution in [-0.4, -0.2) is 28.9 Å². The highest BCUT2D eigenvalue weighted by Crippen LogP contribution is 2.36. The topological polar surface area (TPSA) is 31.2 Å². The molecule has 2 heterocycles. The average Bonchev–Trinajstić information content (AvgIpc) is 2.80. The Labute approximate surface area is 113 Å². The van der Waals surface area contributed by atoms with E-state index in [2.05, 4.69) is 18.4 Å². The van der Waals surface area contributed by atoms with Crippen LogP contribution in [0.1, 0.15) is 42.0 Å². The Balaban J connectivity index is 2.52. The summed E-state index contributed by atoms with van der Waals surface area (Å²) in [6.07, 6.45) is 1.13. The third-order valence-corrected chi connectivity index (χ3v) is 4.46. The van der Waals surface area contributed by atoms with Gasteiger partial charge in [0.15, 0.2) is 5.78 Å². The van der Waals surface area contributed by atoms with Crippen LogP contribution in [0.4, 0.5) is 0 Å². The molecule has 3 nitrogen and oxygen atoms in total. The first-order valence-electron chi connectivity index (χ1n) is 6.32. The van der Waals surface area contributed by atoms with Crippen LogP contribution >= 0.6 is 11.6 Å². The number of ketones is 1. The van der Waals surface area contributed by atoms with Gasteiger partial charge in [-0.1, -0.05) is 0 Å². The van der Waals surface area contributed by atoms with Gasteiger partial charge in [-0.05, 0) is 40.2 Å². The van der Waals surface area contributed by atoms with E-state index in [1.165, 1.54) is 0 Å². The molecule has 4 heteroatoms. The second-order valence-corrected chi connectivity index (χ2v) is 5.56. The third-order valence-electron chi connectivity index (χ3n) is 4.22. The number of nitrogens with zero attached hydrogens (tertiary/aromatic N) is 1. The lowest BCUT2D eigenvalue weighted by Crippen LogP contribution is -2.38. The lowest BCUT2D eigenvalue weighted by molar-refractivity contribution is 0.0744. The molecular weight excluding hydrogens is 250 g/mol. The van der Waals surface area contributed by atoms with E-state index in [0.29, 0.717) is 0 Å². The van der Waals surface area contributed by atoms with Gasteiger partial charge in [-0.3, -0.25) is 4.79 Å². The molecule has 2 rings (SSSR count). The highest BCUT2D eigenvalue weighted by Gasteiger charge is 2.40. The van der Waals surface area contributed by atoms with Crippen molar-refractivity contribution in [1.29, 1.82) is 0 Å². The molecule has 0 radical (unpaired) electrons. The number of hydrogen-bond acceptors (Lipinski definition) is 2. The number of carbonyl (C=O) groups excluding carboxylic acids is 1. The molecule has 1 aliphatic rings. The Kier molecular flexibility index (Phi) is 3.56. The standard InChI is InChI=1S/C14H20ClNO2/c1-9-7-12(13(17)8-15)10(2)16(9)14(4)5-6-18-11(14)3/h7,11H,5-6,8H2,1-4H3. The molecule has 0 spiro atoms. The number of hydrogen-bond donors (Lipinski definition) is 0. The number of Topliss-reactive ketones (excluding diaryl/α,β-unsaturated/α-hetero) is 1. The minimum atomic E-state index is -0.0704. The van der Waals surface area contributed by atoms with Crippen LogP contribution in [0.25, 0.3) is 0 Å². The van der Waals surface area contributed by atoms with E-state index in [4.69, 9.17) is 16.3 Å². The molecule has 2 unspecified atom stereocenters. The molecule has 1 fully saturated rings. The van der Waals surface area contributed by atoms with E-state index in [1.54, 1.807) is 0 Å². The minimum absolute atomic E-state index is 0.00816. The second kappa shape index (κ2) is 4.71.